The highest BCUT2D eigenvalue weighted by molar-refractivity contribution is 6.25. The van der Waals surface area contributed by atoms with Crippen LogP contribution >= 0.6 is 0 Å². The largest absolute Gasteiger partial charge is 0.264 e. The van der Waals surface area contributed by atoms with Gasteiger partial charge in [-0.25, -0.2) is 9.97 Å². The predicted molar refractivity (Wildman–Crippen MR) is 175 cm³/mol. The van der Waals surface area contributed by atoms with E-state index < -0.39 is 0 Å². The first kappa shape index (κ1) is 24.4. The minimum absolute atomic E-state index is 0.730. The molecule has 7 aromatic rings. The fraction of sp³-hybridized carbons (Fsp3) is 0.0513. The topological polar surface area (TPSA) is 38.7 Å². The number of nitrogens with zero attached hydrogens (tertiary/aromatic N) is 3. The van der Waals surface area contributed by atoms with E-state index in [2.05, 4.69) is 126 Å². The molecular weight excluding hydrogens is 510 g/mol. The predicted octanol–water partition coefficient (Wildman–Crippen LogP) is 10.1. The van der Waals surface area contributed by atoms with Crippen molar-refractivity contribution >= 4 is 37.9 Å². The van der Waals surface area contributed by atoms with Crippen LogP contribution in [-0.4, -0.2) is 15.0 Å². The highest BCUT2D eigenvalue weighted by atomic mass is 14.9. The van der Waals surface area contributed by atoms with Gasteiger partial charge in [0.2, 0.25) is 0 Å². The van der Waals surface area contributed by atoms with Crippen molar-refractivity contribution in [3.63, 3.8) is 0 Å². The molecule has 0 N–H and O–H groups in total. The Morgan fingerprint density at radius 2 is 1.17 bits per heavy atom. The molecule has 0 radical (unpaired) electrons. The second-order valence-electron chi connectivity index (χ2n) is 10.8. The van der Waals surface area contributed by atoms with Crippen molar-refractivity contribution < 1.29 is 0 Å². The van der Waals surface area contributed by atoms with E-state index in [0.29, 0.717) is 0 Å². The zero-order valence-electron chi connectivity index (χ0n) is 23.0. The zero-order valence-corrected chi connectivity index (χ0v) is 23.0. The first-order valence-corrected chi connectivity index (χ1v) is 14.4. The van der Waals surface area contributed by atoms with E-state index in [-0.39, 0.29) is 0 Å². The third-order valence-electron chi connectivity index (χ3n) is 8.17. The normalized spacial score (nSPS) is 13.1. The molecule has 8 rings (SSSR count). The average molecular weight is 538 g/mol. The van der Waals surface area contributed by atoms with Gasteiger partial charge in [-0.1, -0.05) is 103 Å². The summed E-state index contributed by atoms with van der Waals surface area (Å²) in [4.78, 5) is 14.6. The van der Waals surface area contributed by atoms with Gasteiger partial charge in [0.25, 0.3) is 0 Å². The minimum Gasteiger partial charge on any atom is -0.264 e. The summed E-state index contributed by atoms with van der Waals surface area (Å²) in [6, 6.07) is 38.7. The lowest BCUT2D eigenvalue weighted by Crippen LogP contribution is -1.99. The van der Waals surface area contributed by atoms with Crippen molar-refractivity contribution in [1.29, 1.82) is 0 Å². The number of hydrogen-bond donors (Lipinski definition) is 0. The molecule has 1 aliphatic carbocycles. The minimum atomic E-state index is 0.730. The molecule has 0 saturated heterocycles. The molecule has 0 spiro atoms. The quantitative estimate of drug-likeness (QED) is 0.210. The number of hydrogen-bond acceptors (Lipinski definition) is 3. The van der Waals surface area contributed by atoms with Crippen LogP contribution in [0.1, 0.15) is 18.5 Å². The second kappa shape index (κ2) is 10.2. The van der Waals surface area contributed by atoms with Crippen molar-refractivity contribution in [2.45, 2.75) is 12.8 Å². The van der Waals surface area contributed by atoms with Crippen LogP contribution in [0.5, 0.6) is 0 Å². The van der Waals surface area contributed by atoms with E-state index in [0.717, 1.165) is 57.9 Å². The molecule has 3 nitrogen and oxygen atoms in total. The fourth-order valence-corrected chi connectivity index (χ4v) is 6.11. The summed E-state index contributed by atoms with van der Waals surface area (Å²) in [5.74, 6) is 0.730. The highest BCUT2D eigenvalue weighted by Gasteiger charge is 2.15. The average Bonchev–Trinajstić information content (AvgIpc) is 3.09. The first-order valence-electron chi connectivity index (χ1n) is 14.4. The third-order valence-corrected chi connectivity index (χ3v) is 8.17. The van der Waals surface area contributed by atoms with Gasteiger partial charge in [-0.2, -0.15) is 0 Å². The monoisotopic (exact) mass is 537 g/mol. The van der Waals surface area contributed by atoms with Crippen LogP contribution < -0.4 is 0 Å². The number of aromatic nitrogens is 3. The van der Waals surface area contributed by atoms with E-state index in [1.165, 1.54) is 32.3 Å². The van der Waals surface area contributed by atoms with Crippen LogP contribution in [0.2, 0.25) is 0 Å². The van der Waals surface area contributed by atoms with Crippen LogP contribution in [0.4, 0.5) is 0 Å². The maximum atomic E-state index is 5.17. The summed E-state index contributed by atoms with van der Waals surface area (Å²) in [6.45, 7) is 0. The van der Waals surface area contributed by atoms with E-state index in [9.17, 15) is 0 Å². The Morgan fingerprint density at radius 1 is 0.476 bits per heavy atom. The number of fused-ring (bicyclic) bond motifs is 6. The van der Waals surface area contributed by atoms with E-state index >= 15 is 0 Å². The fourth-order valence-electron chi connectivity index (χ4n) is 6.11. The van der Waals surface area contributed by atoms with Gasteiger partial charge in [0, 0.05) is 29.1 Å². The van der Waals surface area contributed by atoms with Crippen LogP contribution in [0.3, 0.4) is 0 Å². The Kier molecular flexibility index (Phi) is 5.93. The molecular formula is C39H27N3. The number of pyridine rings is 1. The van der Waals surface area contributed by atoms with Crippen LogP contribution in [0.25, 0.3) is 71.7 Å². The number of rotatable bonds is 4. The van der Waals surface area contributed by atoms with Crippen LogP contribution in [0, 0.1) is 0 Å². The summed E-state index contributed by atoms with van der Waals surface area (Å²) < 4.78 is 0. The Hall–Kier alpha value is -5.41. The molecule has 1 aliphatic rings. The summed E-state index contributed by atoms with van der Waals surface area (Å²) in [5, 5.41) is 7.50. The standard InChI is InChI=1S/C39H27N3/c1-2-10-26(11-3-1)37-24-38(28-13-8-12-27(22-28)30-14-9-21-40-25-30)42-39(41-37)29-19-20-35-33-17-5-4-15-31(33)32-16-6-7-18-34(32)36(35)23-29/h2,4-25H,1,3H2. The lowest BCUT2D eigenvalue weighted by molar-refractivity contribution is 1.03. The zero-order chi connectivity index (χ0) is 27.9. The van der Waals surface area contributed by atoms with Crippen molar-refractivity contribution in [2.24, 2.45) is 0 Å². The summed E-state index contributed by atoms with van der Waals surface area (Å²) >= 11 is 0. The molecule has 0 fully saturated rings. The first-order chi connectivity index (χ1) is 20.8. The van der Waals surface area contributed by atoms with Crippen molar-refractivity contribution in [3.8, 4) is 33.8 Å². The van der Waals surface area contributed by atoms with Crippen LogP contribution in [-0.2, 0) is 0 Å². The molecule has 5 aromatic carbocycles. The summed E-state index contributed by atoms with van der Waals surface area (Å²) in [7, 11) is 0. The van der Waals surface area contributed by atoms with Gasteiger partial charge in [0.15, 0.2) is 5.82 Å². The lowest BCUT2D eigenvalue weighted by atomic mass is 9.93. The molecule has 0 aliphatic heterocycles. The van der Waals surface area contributed by atoms with Crippen molar-refractivity contribution in [2.75, 3.05) is 0 Å². The van der Waals surface area contributed by atoms with Gasteiger partial charge in [-0.15, -0.1) is 0 Å². The lowest BCUT2D eigenvalue weighted by Gasteiger charge is -2.14. The maximum absolute atomic E-state index is 5.17. The third kappa shape index (κ3) is 4.27. The van der Waals surface area contributed by atoms with Gasteiger partial charge < -0.3 is 0 Å². The molecule has 198 valence electrons. The molecule has 42 heavy (non-hydrogen) atoms. The Bertz CT molecular complexity index is 2160. The Balaban J connectivity index is 1.34. The molecule has 0 bridgehead atoms. The van der Waals surface area contributed by atoms with E-state index in [1.54, 1.807) is 6.20 Å². The Labute approximate surface area is 244 Å². The molecule has 3 heteroatoms. The molecule has 0 atom stereocenters. The van der Waals surface area contributed by atoms with E-state index in [1.807, 2.05) is 12.3 Å². The van der Waals surface area contributed by atoms with Crippen molar-refractivity contribution in [3.05, 3.63) is 146 Å². The van der Waals surface area contributed by atoms with Gasteiger partial charge in [0.1, 0.15) is 0 Å². The molecule has 2 heterocycles. The van der Waals surface area contributed by atoms with Crippen molar-refractivity contribution in [1.82, 2.24) is 15.0 Å². The second-order valence-corrected chi connectivity index (χ2v) is 10.8. The van der Waals surface area contributed by atoms with Gasteiger partial charge in [0.05, 0.1) is 11.4 Å². The Morgan fingerprint density at radius 3 is 1.88 bits per heavy atom. The smallest absolute Gasteiger partial charge is 0.160 e. The van der Waals surface area contributed by atoms with Crippen LogP contribution in [0.15, 0.2) is 140 Å². The van der Waals surface area contributed by atoms with Gasteiger partial charge in [-0.05, 0) is 80.6 Å². The number of allylic oxidation sites excluding steroid dienone is 4. The van der Waals surface area contributed by atoms with E-state index in [4.69, 9.17) is 9.97 Å². The maximum Gasteiger partial charge on any atom is 0.160 e. The molecule has 0 saturated carbocycles. The molecule has 0 unspecified atom stereocenters. The van der Waals surface area contributed by atoms with Gasteiger partial charge >= 0.3 is 0 Å². The van der Waals surface area contributed by atoms with Gasteiger partial charge in [-0.3, -0.25) is 4.98 Å². The summed E-state index contributed by atoms with van der Waals surface area (Å²) in [6.07, 6.45) is 12.5. The molecule has 0 amide bonds. The number of benzene rings is 5. The summed E-state index contributed by atoms with van der Waals surface area (Å²) in [5.41, 5.74) is 7.26. The molecule has 2 aromatic heterocycles. The highest BCUT2D eigenvalue weighted by Crippen LogP contribution is 2.37. The SMILES string of the molecule is C1=CC(c2cc(-c3cccc(-c4cccnc4)c3)nc(-c3ccc4c5ccccc5c5ccccc5c4c3)n2)=CCC1.